The molecule has 0 aliphatic carbocycles. The molecular weight excluding hydrogens is 415 g/mol. The predicted octanol–water partition coefficient (Wildman–Crippen LogP) is 3.29. The third kappa shape index (κ3) is 5.76. The summed E-state index contributed by atoms with van der Waals surface area (Å²) in [5.74, 6) is 1.09. The number of methoxy groups -OCH3 is 1. The van der Waals surface area contributed by atoms with Crippen molar-refractivity contribution in [3.8, 4) is 11.5 Å². The van der Waals surface area contributed by atoms with E-state index in [9.17, 15) is 4.79 Å². The van der Waals surface area contributed by atoms with Gasteiger partial charge in [0, 0.05) is 28.1 Å². The summed E-state index contributed by atoms with van der Waals surface area (Å²) in [5.41, 5.74) is 4.38. The highest BCUT2D eigenvalue weighted by molar-refractivity contribution is 6.35. The fraction of sp³-hybridized carbons (Fsp3) is 0.300. The molecule has 3 rings (SSSR count). The number of hydrogen-bond donors (Lipinski definition) is 3. The van der Waals surface area contributed by atoms with Gasteiger partial charge in [0.05, 0.1) is 13.3 Å². The fourth-order valence-corrected chi connectivity index (χ4v) is 3.35. The second kappa shape index (κ2) is 9.82. The smallest absolute Gasteiger partial charge is 0.224 e. The van der Waals surface area contributed by atoms with Crippen LogP contribution in [-0.4, -0.2) is 31.6 Å². The van der Waals surface area contributed by atoms with Gasteiger partial charge in [-0.2, -0.15) is 5.10 Å². The van der Waals surface area contributed by atoms with E-state index in [0.29, 0.717) is 33.5 Å². The first-order valence-corrected chi connectivity index (χ1v) is 9.79. The number of hydrogen-bond acceptors (Lipinski definition) is 6. The molecule has 154 valence electrons. The number of amides is 1. The van der Waals surface area contributed by atoms with Crippen molar-refractivity contribution in [2.75, 3.05) is 7.11 Å². The van der Waals surface area contributed by atoms with Gasteiger partial charge in [0.2, 0.25) is 5.91 Å². The van der Waals surface area contributed by atoms with Crippen molar-refractivity contribution >= 4 is 35.3 Å². The lowest BCUT2D eigenvalue weighted by atomic mass is 10.2. The molecule has 0 spiro atoms. The van der Waals surface area contributed by atoms with Crippen molar-refractivity contribution in [1.82, 2.24) is 16.1 Å². The Bertz CT molecular complexity index is 887. The molecule has 29 heavy (non-hydrogen) atoms. The van der Waals surface area contributed by atoms with Crippen LogP contribution in [0.15, 0.2) is 41.5 Å². The Labute approximate surface area is 179 Å². The number of nitrogens with one attached hydrogen (secondary N) is 3. The maximum Gasteiger partial charge on any atom is 0.224 e. The summed E-state index contributed by atoms with van der Waals surface area (Å²) in [4.78, 5) is 11.6. The molecule has 7 nitrogen and oxygen atoms in total. The first-order valence-electron chi connectivity index (χ1n) is 9.04. The normalized spacial score (nSPS) is 19.1. The van der Waals surface area contributed by atoms with E-state index < -0.39 is 6.29 Å². The van der Waals surface area contributed by atoms with Crippen molar-refractivity contribution in [2.24, 2.45) is 5.10 Å². The minimum Gasteiger partial charge on any atom is -0.493 e. The van der Waals surface area contributed by atoms with Gasteiger partial charge < -0.3 is 14.8 Å². The topological polar surface area (TPSA) is 84.0 Å². The number of nitrogens with zero attached hydrogens (tertiary/aromatic N) is 1. The SMILES string of the molecule is COc1cc(/C=N/NC2NC(=O)CC(C)N2)ccc1OCc1c(Cl)cccc1Cl. The Balaban J connectivity index is 1.63. The number of carbonyl (C=O) groups is 1. The Morgan fingerprint density at radius 1 is 1.24 bits per heavy atom. The molecule has 0 aromatic heterocycles. The van der Waals surface area contributed by atoms with Crippen LogP contribution in [0.25, 0.3) is 0 Å². The summed E-state index contributed by atoms with van der Waals surface area (Å²) >= 11 is 12.4. The van der Waals surface area contributed by atoms with E-state index in [0.717, 1.165) is 5.56 Å². The van der Waals surface area contributed by atoms with Gasteiger partial charge in [0.1, 0.15) is 6.61 Å². The minimum atomic E-state index is -0.410. The van der Waals surface area contributed by atoms with Gasteiger partial charge in [-0.1, -0.05) is 29.3 Å². The Morgan fingerprint density at radius 3 is 2.69 bits per heavy atom. The lowest BCUT2D eigenvalue weighted by Crippen LogP contribution is -2.60. The lowest BCUT2D eigenvalue weighted by molar-refractivity contribution is -0.124. The summed E-state index contributed by atoms with van der Waals surface area (Å²) in [6.07, 6.45) is 1.66. The molecule has 1 heterocycles. The molecule has 0 radical (unpaired) electrons. The molecule has 3 N–H and O–H groups in total. The predicted molar refractivity (Wildman–Crippen MR) is 114 cm³/mol. The molecule has 1 saturated heterocycles. The number of ether oxygens (including phenoxy) is 2. The molecule has 9 heteroatoms. The summed E-state index contributed by atoms with van der Waals surface area (Å²) in [6, 6.07) is 10.8. The van der Waals surface area contributed by atoms with Crippen LogP contribution in [0.4, 0.5) is 0 Å². The first kappa shape index (κ1) is 21.2. The van der Waals surface area contributed by atoms with Crippen molar-refractivity contribution in [3.63, 3.8) is 0 Å². The van der Waals surface area contributed by atoms with Crippen LogP contribution in [0.5, 0.6) is 11.5 Å². The number of rotatable bonds is 7. The highest BCUT2D eigenvalue weighted by Crippen LogP contribution is 2.31. The summed E-state index contributed by atoms with van der Waals surface area (Å²) < 4.78 is 11.3. The molecule has 2 aromatic rings. The standard InChI is InChI=1S/C20H22Cl2N4O3/c1-12-8-19(27)25-20(24-12)26-23-10-13-6-7-17(18(9-13)28-2)29-11-14-15(21)4-3-5-16(14)22/h3-7,9-10,12,20,24,26H,8,11H2,1-2H3,(H,25,27)/b23-10+. The van der Waals surface area contributed by atoms with E-state index in [2.05, 4.69) is 21.2 Å². The Morgan fingerprint density at radius 2 is 2.00 bits per heavy atom. The van der Waals surface area contributed by atoms with Gasteiger partial charge in [-0.25, -0.2) is 0 Å². The van der Waals surface area contributed by atoms with Crippen LogP contribution in [0.1, 0.15) is 24.5 Å². The largest absolute Gasteiger partial charge is 0.493 e. The third-order valence-electron chi connectivity index (χ3n) is 4.29. The van der Waals surface area contributed by atoms with E-state index in [1.54, 1.807) is 43.7 Å². The molecule has 0 saturated carbocycles. The van der Waals surface area contributed by atoms with Gasteiger partial charge in [0.15, 0.2) is 17.8 Å². The van der Waals surface area contributed by atoms with E-state index in [4.69, 9.17) is 32.7 Å². The number of carbonyl (C=O) groups excluding carboxylic acids is 1. The maximum atomic E-state index is 11.6. The molecule has 1 aliphatic rings. The van der Waals surface area contributed by atoms with Crippen LogP contribution in [0.3, 0.4) is 0 Å². The number of halogens is 2. The highest BCUT2D eigenvalue weighted by atomic mass is 35.5. The van der Waals surface area contributed by atoms with Gasteiger partial charge in [-0.05, 0) is 42.8 Å². The zero-order valence-corrected chi connectivity index (χ0v) is 17.6. The molecule has 2 unspecified atom stereocenters. The van der Waals surface area contributed by atoms with Gasteiger partial charge in [-0.15, -0.1) is 0 Å². The second-order valence-electron chi connectivity index (χ2n) is 6.56. The average Bonchev–Trinajstić information content (AvgIpc) is 2.67. The first-order chi connectivity index (χ1) is 14.0. The van der Waals surface area contributed by atoms with Crippen molar-refractivity contribution in [3.05, 3.63) is 57.6 Å². The van der Waals surface area contributed by atoms with Crippen LogP contribution < -0.4 is 25.5 Å². The van der Waals surface area contributed by atoms with Crippen LogP contribution in [0.2, 0.25) is 10.0 Å². The second-order valence-corrected chi connectivity index (χ2v) is 7.37. The van der Waals surface area contributed by atoms with Gasteiger partial charge in [0.25, 0.3) is 0 Å². The zero-order chi connectivity index (χ0) is 20.8. The van der Waals surface area contributed by atoms with Gasteiger partial charge >= 0.3 is 0 Å². The maximum absolute atomic E-state index is 11.6. The molecule has 2 aromatic carbocycles. The molecule has 0 bridgehead atoms. The Hall–Kier alpha value is -2.48. The third-order valence-corrected chi connectivity index (χ3v) is 4.99. The van der Waals surface area contributed by atoms with Crippen LogP contribution in [-0.2, 0) is 11.4 Å². The average molecular weight is 437 g/mol. The van der Waals surface area contributed by atoms with Crippen molar-refractivity contribution in [1.29, 1.82) is 0 Å². The molecule has 1 fully saturated rings. The fourth-order valence-electron chi connectivity index (χ4n) is 2.84. The quantitative estimate of drug-likeness (QED) is 0.458. The van der Waals surface area contributed by atoms with Crippen molar-refractivity contribution < 1.29 is 14.3 Å². The monoisotopic (exact) mass is 436 g/mol. The van der Waals surface area contributed by atoms with E-state index >= 15 is 0 Å². The zero-order valence-electron chi connectivity index (χ0n) is 16.0. The lowest BCUT2D eigenvalue weighted by Gasteiger charge is -2.28. The summed E-state index contributed by atoms with van der Waals surface area (Å²) in [5, 5.41) is 11.2. The minimum absolute atomic E-state index is 0.0225. The van der Waals surface area contributed by atoms with E-state index in [1.165, 1.54) is 0 Å². The molecule has 1 aliphatic heterocycles. The summed E-state index contributed by atoms with van der Waals surface area (Å²) in [6.45, 7) is 2.16. The summed E-state index contributed by atoms with van der Waals surface area (Å²) in [7, 11) is 1.56. The van der Waals surface area contributed by atoms with E-state index in [1.807, 2.05) is 13.0 Å². The van der Waals surface area contributed by atoms with Crippen LogP contribution in [0, 0.1) is 0 Å². The molecular formula is C20H22Cl2N4O3. The van der Waals surface area contributed by atoms with E-state index in [-0.39, 0.29) is 18.6 Å². The highest BCUT2D eigenvalue weighted by Gasteiger charge is 2.21. The number of hydrazone groups is 1. The van der Waals surface area contributed by atoms with Crippen LogP contribution >= 0.6 is 23.2 Å². The molecule has 2 atom stereocenters. The van der Waals surface area contributed by atoms with Crippen molar-refractivity contribution in [2.45, 2.75) is 32.3 Å². The van der Waals surface area contributed by atoms with Gasteiger partial charge in [-0.3, -0.25) is 15.5 Å². The molecule has 1 amide bonds. The number of benzene rings is 2. The Kier molecular flexibility index (Phi) is 7.19.